The number of benzene rings is 3. The molecule has 0 aromatic heterocycles. The van der Waals surface area contributed by atoms with Gasteiger partial charge >= 0.3 is 0 Å². The largest absolute Gasteiger partial charge is 0.372 e. The summed E-state index contributed by atoms with van der Waals surface area (Å²) >= 11 is 0. The van der Waals surface area contributed by atoms with E-state index in [1.165, 1.54) is 11.1 Å². The first-order valence-electron chi connectivity index (χ1n) is 9.03. The van der Waals surface area contributed by atoms with Gasteiger partial charge in [0.25, 0.3) is 0 Å². The van der Waals surface area contributed by atoms with Gasteiger partial charge in [0.05, 0.1) is 19.8 Å². The Bertz CT molecular complexity index is 880. The van der Waals surface area contributed by atoms with Gasteiger partial charge in [0, 0.05) is 5.69 Å². The molecule has 0 aliphatic rings. The molecule has 146 valence electrons. The number of ether oxygens (including phenoxy) is 1. The first-order chi connectivity index (χ1) is 13.2. The number of rotatable bonds is 7. The van der Waals surface area contributed by atoms with Gasteiger partial charge in [0.1, 0.15) is 0 Å². The molecule has 4 nitrogen and oxygen atoms in total. The minimum atomic E-state index is 0. The molecular formula is C23H26IN3O. The number of hydrogen-bond acceptors (Lipinski definition) is 2. The van der Waals surface area contributed by atoms with Gasteiger partial charge in [-0.2, -0.15) is 0 Å². The van der Waals surface area contributed by atoms with Crippen molar-refractivity contribution in [2.75, 3.05) is 5.32 Å². The zero-order valence-electron chi connectivity index (χ0n) is 16.0. The van der Waals surface area contributed by atoms with E-state index in [0.29, 0.717) is 25.7 Å². The van der Waals surface area contributed by atoms with Gasteiger partial charge < -0.3 is 15.8 Å². The van der Waals surface area contributed by atoms with Crippen molar-refractivity contribution in [2.24, 2.45) is 10.7 Å². The molecular weight excluding hydrogens is 461 g/mol. The summed E-state index contributed by atoms with van der Waals surface area (Å²) in [5.74, 6) is 0.402. The van der Waals surface area contributed by atoms with E-state index in [2.05, 4.69) is 41.5 Å². The molecule has 0 amide bonds. The third kappa shape index (κ3) is 6.98. The first kappa shape index (κ1) is 21.9. The van der Waals surface area contributed by atoms with Crippen LogP contribution in [0.2, 0.25) is 0 Å². The lowest BCUT2D eigenvalue weighted by atomic mass is 10.1. The Hall–Kier alpha value is -2.38. The average Bonchev–Trinajstić information content (AvgIpc) is 2.70. The molecule has 0 unspecified atom stereocenters. The summed E-state index contributed by atoms with van der Waals surface area (Å²) in [7, 11) is 0. The van der Waals surface area contributed by atoms with Crippen LogP contribution in [-0.4, -0.2) is 5.96 Å². The van der Waals surface area contributed by atoms with Crippen LogP contribution < -0.4 is 11.1 Å². The number of hydrogen-bond donors (Lipinski definition) is 2. The molecule has 0 aliphatic heterocycles. The van der Waals surface area contributed by atoms with Gasteiger partial charge in [0.2, 0.25) is 0 Å². The lowest BCUT2D eigenvalue weighted by molar-refractivity contribution is 0.106. The molecule has 0 saturated heterocycles. The molecule has 3 aromatic rings. The normalized spacial score (nSPS) is 11.0. The molecule has 0 radical (unpaired) electrons. The van der Waals surface area contributed by atoms with E-state index in [0.717, 1.165) is 16.8 Å². The number of halogens is 1. The topological polar surface area (TPSA) is 59.6 Å². The number of guanidine groups is 1. The quantitative estimate of drug-likeness (QED) is 0.272. The van der Waals surface area contributed by atoms with Crippen molar-refractivity contribution in [3.8, 4) is 0 Å². The third-order valence-corrected chi connectivity index (χ3v) is 4.23. The Morgan fingerprint density at radius 3 is 2.21 bits per heavy atom. The van der Waals surface area contributed by atoms with Crippen molar-refractivity contribution >= 4 is 35.6 Å². The predicted octanol–water partition coefficient (Wildman–Crippen LogP) is 5.26. The first-order valence-corrected chi connectivity index (χ1v) is 9.03. The van der Waals surface area contributed by atoms with E-state index in [4.69, 9.17) is 10.5 Å². The standard InChI is InChI=1S/C23H25N3O.HI/c1-18-11-13-22(14-12-18)26-23(24)25-15-20-9-5-6-10-21(20)17-27-16-19-7-3-2-4-8-19;/h2-14H,15-17H2,1H3,(H3,24,25,26);1H. The maximum atomic E-state index is 6.03. The molecule has 0 heterocycles. The van der Waals surface area contributed by atoms with E-state index in [1.807, 2.05) is 54.6 Å². The van der Waals surface area contributed by atoms with Gasteiger partial charge in [-0.3, -0.25) is 0 Å². The second kappa shape index (κ2) is 11.5. The molecule has 0 aliphatic carbocycles. The molecule has 0 spiro atoms. The van der Waals surface area contributed by atoms with Crippen LogP contribution in [0.1, 0.15) is 22.3 Å². The van der Waals surface area contributed by atoms with E-state index < -0.39 is 0 Å². The van der Waals surface area contributed by atoms with Gasteiger partial charge in [-0.1, -0.05) is 72.3 Å². The number of aliphatic imine (C=N–C) groups is 1. The number of nitrogens with two attached hydrogens (primary N) is 1. The molecule has 0 saturated carbocycles. The van der Waals surface area contributed by atoms with Gasteiger partial charge in [0.15, 0.2) is 5.96 Å². The molecule has 5 heteroatoms. The molecule has 3 N–H and O–H groups in total. The third-order valence-electron chi connectivity index (χ3n) is 4.23. The highest BCUT2D eigenvalue weighted by Gasteiger charge is 2.03. The Labute approximate surface area is 183 Å². The minimum absolute atomic E-state index is 0. The molecule has 3 aromatic carbocycles. The zero-order valence-corrected chi connectivity index (χ0v) is 18.3. The summed E-state index contributed by atoms with van der Waals surface area (Å²) in [6.07, 6.45) is 0. The molecule has 0 fully saturated rings. The van der Waals surface area contributed by atoms with Gasteiger partial charge in [-0.25, -0.2) is 4.99 Å². The van der Waals surface area contributed by atoms with Crippen molar-refractivity contribution in [1.82, 2.24) is 0 Å². The summed E-state index contributed by atoms with van der Waals surface area (Å²) in [5.41, 5.74) is 11.6. The lowest BCUT2D eigenvalue weighted by Gasteiger charge is -2.10. The lowest BCUT2D eigenvalue weighted by Crippen LogP contribution is -2.22. The summed E-state index contributed by atoms with van der Waals surface area (Å²) in [6.45, 7) is 3.70. The van der Waals surface area contributed by atoms with E-state index >= 15 is 0 Å². The Morgan fingerprint density at radius 1 is 0.857 bits per heavy atom. The fourth-order valence-electron chi connectivity index (χ4n) is 2.70. The van der Waals surface area contributed by atoms with Crippen molar-refractivity contribution < 1.29 is 4.74 Å². The minimum Gasteiger partial charge on any atom is -0.372 e. The number of aryl methyl sites for hydroxylation is 1. The monoisotopic (exact) mass is 487 g/mol. The molecule has 0 bridgehead atoms. The number of nitrogens with zero attached hydrogens (tertiary/aromatic N) is 1. The fourth-order valence-corrected chi connectivity index (χ4v) is 2.70. The predicted molar refractivity (Wildman–Crippen MR) is 127 cm³/mol. The van der Waals surface area contributed by atoms with Crippen LogP contribution in [0.15, 0.2) is 83.9 Å². The van der Waals surface area contributed by atoms with Crippen LogP contribution in [0.3, 0.4) is 0 Å². The SMILES string of the molecule is Cc1ccc(NC(N)=NCc2ccccc2COCc2ccccc2)cc1.I. The van der Waals surface area contributed by atoms with Gasteiger partial charge in [-0.05, 0) is 35.7 Å². The van der Waals surface area contributed by atoms with Crippen LogP contribution in [-0.2, 0) is 24.5 Å². The van der Waals surface area contributed by atoms with E-state index in [9.17, 15) is 0 Å². The Balaban J connectivity index is 0.00000280. The second-order valence-electron chi connectivity index (χ2n) is 6.44. The van der Waals surface area contributed by atoms with Crippen LogP contribution in [0.5, 0.6) is 0 Å². The second-order valence-corrected chi connectivity index (χ2v) is 6.44. The molecule has 0 atom stereocenters. The highest BCUT2D eigenvalue weighted by molar-refractivity contribution is 14.0. The maximum absolute atomic E-state index is 6.03. The van der Waals surface area contributed by atoms with Crippen molar-refractivity contribution in [1.29, 1.82) is 0 Å². The number of nitrogens with one attached hydrogen (secondary N) is 1. The van der Waals surface area contributed by atoms with Crippen LogP contribution in [0, 0.1) is 6.92 Å². The summed E-state index contributed by atoms with van der Waals surface area (Å²) in [6, 6.07) is 26.4. The average molecular weight is 487 g/mol. The summed E-state index contributed by atoms with van der Waals surface area (Å²) in [4.78, 5) is 4.47. The number of anilines is 1. The Morgan fingerprint density at radius 2 is 1.50 bits per heavy atom. The van der Waals surface area contributed by atoms with E-state index in [1.54, 1.807) is 0 Å². The maximum Gasteiger partial charge on any atom is 0.193 e. The van der Waals surface area contributed by atoms with Crippen molar-refractivity contribution in [2.45, 2.75) is 26.7 Å². The molecule has 28 heavy (non-hydrogen) atoms. The summed E-state index contributed by atoms with van der Waals surface area (Å²) in [5, 5.41) is 3.12. The van der Waals surface area contributed by atoms with E-state index in [-0.39, 0.29) is 24.0 Å². The summed E-state index contributed by atoms with van der Waals surface area (Å²) < 4.78 is 5.86. The molecule has 3 rings (SSSR count). The van der Waals surface area contributed by atoms with Gasteiger partial charge in [-0.15, -0.1) is 24.0 Å². The van der Waals surface area contributed by atoms with Crippen LogP contribution in [0.4, 0.5) is 5.69 Å². The highest BCUT2D eigenvalue weighted by Crippen LogP contribution is 2.13. The fraction of sp³-hybridized carbons (Fsp3) is 0.174. The Kier molecular flexibility index (Phi) is 8.97. The van der Waals surface area contributed by atoms with Crippen LogP contribution >= 0.6 is 24.0 Å². The van der Waals surface area contributed by atoms with Crippen molar-refractivity contribution in [3.05, 3.63) is 101 Å². The highest BCUT2D eigenvalue weighted by atomic mass is 127. The smallest absolute Gasteiger partial charge is 0.193 e. The van der Waals surface area contributed by atoms with Crippen LogP contribution in [0.25, 0.3) is 0 Å². The van der Waals surface area contributed by atoms with Crippen molar-refractivity contribution in [3.63, 3.8) is 0 Å². The zero-order chi connectivity index (χ0) is 18.9.